The summed E-state index contributed by atoms with van der Waals surface area (Å²) in [6, 6.07) is 0.928. The lowest BCUT2D eigenvalue weighted by Gasteiger charge is -2.45. The van der Waals surface area contributed by atoms with Crippen molar-refractivity contribution in [1.29, 1.82) is 0 Å². The summed E-state index contributed by atoms with van der Waals surface area (Å²) in [7, 11) is 2.22. The number of hydrogen-bond acceptors (Lipinski definition) is 4. The summed E-state index contributed by atoms with van der Waals surface area (Å²) in [5.41, 5.74) is 6.37. The molecule has 0 bridgehead atoms. The molecule has 4 nitrogen and oxygen atoms in total. The Morgan fingerprint density at radius 1 is 1.12 bits per heavy atom. The molecular formula is C13H26N4. The van der Waals surface area contributed by atoms with Crippen LogP contribution in [0, 0.1) is 0 Å². The average molecular weight is 238 g/mol. The first kappa shape index (κ1) is 11.9. The number of likely N-dealkylation sites (N-methyl/N-ethyl adjacent to an activating group) is 1. The number of nitrogens with zero attached hydrogens (tertiary/aromatic N) is 3. The predicted octanol–water partition coefficient (Wildman–Crippen LogP) is -0.201. The Kier molecular flexibility index (Phi) is 3.15. The number of likely N-dealkylation sites (tertiary alicyclic amines) is 1. The number of hydrogen-bond donors (Lipinski definition) is 1. The molecule has 3 rings (SSSR count). The van der Waals surface area contributed by atoms with Crippen molar-refractivity contribution in [3.63, 3.8) is 0 Å². The molecule has 1 atom stereocenters. The van der Waals surface area contributed by atoms with E-state index in [0.29, 0.717) is 0 Å². The number of nitrogens with two attached hydrogens (primary N) is 1. The molecule has 0 spiro atoms. The molecule has 1 saturated carbocycles. The van der Waals surface area contributed by atoms with Crippen molar-refractivity contribution < 1.29 is 0 Å². The zero-order valence-electron chi connectivity index (χ0n) is 11.1. The normalized spacial score (nSPS) is 37.8. The van der Waals surface area contributed by atoms with E-state index in [0.717, 1.165) is 19.1 Å². The monoisotopic (exact) mass is 238 g/mol. The van der Waals surface area contributed by atoms with Crippen LogP contribution < -0.4 is 5.73 Å². The Bertz CT molecular complexity index is 271. The summed E-state index contributed by atoms with van der Waals surface area (Å²) >= 11 is 0. The standard InChI is InChI=1S/C13H26N4/c1-15-5-4-13(10-14,11-15)17-8-6-16(7-9-17)12-2-3-12/h12H,2-11,14H2,1H3. The molecule has 0 amide bonds. The molecule has 98 valence electrons. The zero-order chi connectivity index (χ0) is 11.9. The third kappa shape index (κ3) is 2.24. The van der Waals surface area contributed by atoms with Gasteiger partial charge < -0.3 is 10.6 Å². The Balaban J connectivity index is 1.60. The van der Waals surface area contributed by atoms with E-state index in [1.54, 1.807) is 0 Å². The maximum Gasteiger partial charge on any atom is 0.0471 e. The van der Waals surface area contributed by atoms with Crippen LogP contribution >= 0.6 is 0 Å². The summed E-state index contributed by atoms with van der Waals surface area (Å²) in [5.74, 6) is 0. The van der Waals surface area contributed by atoms with Gasteiger partial charge in [0.05, 0.1) is 0 Å². The highest BCUT2D eigenvalue weighted by atomic mass is 15.3. The van der Waals surface area contributed by atoms with Gasteiger partial charge in [-0.15, -0.1) is 0 Å². The van der Waals surface area contributed by atoms with Crippen molar-refractivity contribution >= 4 is 0 Å². The molecule has 3 aliphatic rings. The first-order valence-electron chi connectivity index (χ1n) is 7.11. The average Bonchev–Trinajstić information content (AvgIpc) is 3.14. The fourth-order valence-electron chi connectivity index (χ4n) is 3.61. The van der Waals surface area contributed by atoms with Crippen LogP contribution in [0.5, 0.6) is 0 Å². The van der Waals surface area contributed by atoms with Gasteiger partial charge in [0.25, 0.3) is 0 Å². The van der Waals surface area contributed by atoms with Crippen LogP contribution in [0.3, 0.4) is 0 Å². The molecule has 2 N–H and O–H groups in total. The summed E-state index contributed by atoms with van der Waals surface area (Å²) in [5, 5.41) is 0. The molecule has 2 aliphatic heterocycles. The fraction of sp³-hybridized carbons (Fsp3) is 1.00. The third-order valence-corrected chi connectivity index (χ3v) is 4.95. The van der Waals surface area contributed by atoms with Gasteiger partial charge in [0, 0.05) is 50.8 Å². The predicted molar refractivity (Wildman–Crippen MR) is 70.1 cm³/mol. The maximum absolute atomic E-state index is 6.09. The minimum atomic E-state index is 0.282. The van der Waals surface area contributed by atoms with Crippen LogP contribution in [-0.2, 0) is 0 Å². The highest BCUT2D eigenvalue weighted by Gasteiger charge is 2.43. The van der Waals surface area contributed by atoms with E-state index < -0.39 is 0 Å². The molecule has 1 unspecified atom stereocenters. The van der Waals surface area contributed by atoms with Crippen molar-refractivity contribution in [3.05, 3.63) is 0 Å². The molecular weight excluding hydrogens is 212 g/mol. The second kappa shape index (κ2) is 4.50. The molecule has 3 fully saturated rings. The van der Waals surface area contributed by atoms with Gasteiger partial charge in [0.2, 0.25) is 0 Å². The lowest BCUT2D eigenvalue weighted by Crippen LogP contribution is -2.61. The summed E-state index contributed by atoms with van der Waals surface area (Å²) < 4.78 is 0. The van der Waals surface area contributed by atoms with Crippen molar-refractivity contribution in [3.8, 4) is 0 Å². The smallest absolute Gasteiger partial charge is 0.0471 e. The first-order chi connectivity index (χ1) is 8.23. The molecule has 2 saturated heterocycles. The third-order valence-electron chi connectivity index (χ3n) is 4.95. The van der Waals surface area contributed by atoms with Crippen LogP contribution in [-0.4, -0.2) is 79.1 Å². The molecule has 0 aromatic carbocycles. The van der Waals surface area contributed by atoms with Crippen LogP contribution in [0.15, 0.2) is 0 Å². The Hall–Kier alpha value is -0.160. The van der Waals surface area contributed by atoms with E-state index in [1.807, 2.05) is 0 Å². The van der Waals surface area contributed by atoms with Gasteiger partial charge in [0.1, 0.15) is 0 Å². The maximum atomic E-state index is 6.09. The Labute approximate surface area is 105 Å². The van der Waals surface area contributed by atoms with Crippen LogP contribution in [0.2, 0.25) is 0 Å². The van der Waals surface area contributed by atoms with Crippen molar-refractivity contribution in [2.24, 2.45) is 5.73 Å². The fourth-order valence-corrected chi connectivity index (χ4v) is 3.61. The molecule has 0 radical (unpaired) electrons. The van der Waals surface area contributed by atoms with E-state index in [2.05, 4.69) is 21.7 Å². The molecule has 1 aliphatic carbocycles. The lowest BCUT2D eigenvalue weighted by molar-refractivity contribution is 0.0392. The summed E-state index contributed by atoms with van der Waals surface area (Å²) in [4.78, 5) is 7.79. The van der Waals surface area contributed by atoms with Crippen LogP contribution in [0.25, 0.3) is 0 Å². The lowest BCUT2D eigenvalue weighted by atomic mass is 9.95. The van der Waals surface area contributed by atoms with E-state index >= 15 is 0 Å². The first-order valence-corrected chi connectivity index (χ1v) is 7.11. The largest absolute Gasteiger partial charge is 0.329 e. The molecule has 2 heterocycles. The number of rotatable bonds is 3. The van der Waals surface area contributed by atoms with Gasteiger partial charge in [-0.2, -0.15) is 0 Å². The van der Waals surface area contributed by atoms with E-state index in [9.17, 15) is 0 Å². The minimum absolute atomic E-state index is 0.282. The van der Waals surface area contributed by atoms with Gasteiger partial charge in [-0.3, -0.25) is 9.80 Å². The SMILES string of the molecule is CN1CCC(CN)(N2CCN(C3CC3)CC2)C1. The van der Waals surface area contributed by atoms with Crippen LogP contribution in [0.4, 0.5) is 0 Å². The van der Waals surface area contributed by atoms with E-state index in [4.69, 9.17) is 5.73 Å². The minimum Gasteiger partial charge on any atom is -0.329 e. The van der Waals surface area contributed by atoms with E-state index in [-0.39, 0.29) is 5.54 Å². The highest BCUT2D eigenvalue weighted by molar-refractivity contribution is 5.01. The Morgan fingerprint density at radius 3 is 2.29 bits per heavy atom. The molecule has 0 aromatic rings. The molecule has 17 heavy (non-hydrogen) atoms. The summed E-state index contributed by atoms with van der Waals surface area (Å²) in [6.07, 6.45) is 4.12. The summed E-state index contributed by atoms with van der Waals surface area (Å²) in [6.45, 7) is 8.16. The highest BCUT2D eigenvalue weighted by Crippen LogP contribution is 2.31. The van der Waals surface area contributed by atoms with Crippen molar-refractivity contribution in [2.75, 3.05) is 52.9 Å². The second-order valence-electron chi connectivity index (χ2n) is 6.17. The quantitative estimate of drug-likeness (QED) is 0.739. The van der Waals surface area contributed by atoms with Gasteiger partial charge in [0.15, 0.2) is 0 Å². The van der Waals surface area contributed by atoms with E-state index in [1.165, 1.54) is 52.0 Å². The Morgan fingerprint density at radius 2 is 1.82 bits per heavy atom. The second-order valence-corrected chi connectivity index (χ2v) is 6.17. The van der Waals surface area contributed by atoms with Crippen molar-refractivity contribution in [1.82, 2.24) is 14.7 Å². The molecule has 4 heteroatoms. The number of piperazine rings is 1. The van der Waals surface area contributed by atoms with Gasteiger partial charge in [-0.1, -0.05) is 0 Å². The van der Waals surface area contributed by atoms with Crippen LogP contribution in [0.1, 0.15) is 19.3 Å². The van der Waals surface area contributed by atoms with Gasteiger partial charge >= 0.3 is 0 Å². The van der Waals surface area contributed by atoms with Gasteiger partial charge in [-0.25, -0.2) is 0 Å². The van der Waals surface area contributed by atoms with Gasteiger partial charge in [-0.05, 0) is 32.9 Å². The topological polar surface area (TPSA) is 35.7 Å². The zero-order valence-corrected chi connectivity index (χ0v) is 11.1. The molecule has 0 aromatic heterocycles. The van der Waals surface area contributed by atoms with Crippen molar-refractivity contribution in [2.45, 2.75) is 30.8 Å².